The Kier molecular flexibility index (Phi) is 4.80. The highest BCUT2D eigenvalue weighted by atomic mass is 16.5. The number of hydrogen-bond donors (Lipinski definition) is 2. The number of carbonyl (C=O) groups excluding carboxylic acids is 1. The fourth-order valence-corrected chi connectivity index (χ4v) is 3.17. The van der Waals surface area contributed by atoms with E-state index < -0.39 is 11.9 Å². The number of carboxylic acids is 1. The number of carbonyl (C=O) groups is 2. The molecule has 0 bridgehead atoms. The molecular weight excluding hydrogens is 246 g/mol. The van der Waals surface area contributed by atoms with Gasteiger partial charge < -0.3 is 15.2 Å². The standard InChI is InChI=1S/C14H23NO4/c1-9-6-11(12(7-9)14(17)18)13(16)15-8-10-4-2-3-5-19-10/h9-12H,2-8H2,1H3,(H,15,16)(H,17,18)/t9?,10?,11-,12+/m0/s1. The molecule has 0 radical (unpaired) electrons. The van der Waals surface area contributed by atoms with Gasteiger partial charge in [0.15, 0.2) is 0 Å². The van der Waals surface area contributed by atoms with Crippen LogP contribution in [-0.4, -0.2) is 36.2 Å². The Morgan fingerprint density at radius 2 is 2.00 bits per heavy atom. The van der Waals surface area contributed by atoms with Crippen molar-refractivity contribution in [2.75, 3.05) is 13.2 Å². The molecule has 1 aliphatic heterocycles. The van der Waals surface area contributed by atoms with E-state index in [0.717, 1.165) is 25.9 Å². The van der Waals surface area contributed by atoms with Crippen molar-refractivity contribution in [1.82, 2.24) is 5.32 Å². The van der Waals surface area contributed by atoms with Gasteiger partial charge in [-0.3, -0.25) is 9.59 Å². The zero-order valence-corrected chi connectivity index (χ0v) is 11.4. The summed E-state index contributed by atoms with van der Waals surface area (Å²) in [5.74, 6) is -1.56. The van der Waals surface area contributed by atoms with Crippen LogP contribution in [0.4, 0.5) is 0 Å². The zero-order valence-electron chi connectivity index (χ0n) is 11.4. The van der Waals surface area contributed by atoms with Gasteiger partial charge in [-0.2, -0.15) is 0 Å². The van der Waals surface area contributed by atoms with Gasteiger partial charge >= 0.3 is 5.97 Å². The van der Waals surface area contributed by atoms with Crippen LogP contribution in [0.5, 0.6) is 0 Å². The van der Waals surface area contributed by atoms with Gasteiger partial charge in [0.25, 0.3) is 0 Å². The molecule has 19 heavy (non-hydrogen) atoms. The van der Waals surface area contributed by atoms with E-state index in [1.54, 1.807) is 0 Å². The van der Waals surface area contributed by atoms with Crippen LogP contribution in [0.2, 0.25) is 0 Å². The summed E-state index contributed by atoms with van der Waals surface area (Å²) in [6, 6.07) is 0. The van der Waals surface area contributed by atoms with Crippen molar-refractivity contribution in [1.29, 1.82) is 0 Å². The molecule has 4 atom stereocenters. The SMILES string of the molecule is CC1C[C@H](C(=O)NCC2CCCCO2)[C@H](C(=O)O)C1. The van der Waals surface area contributed by atoms with E-state index in [0.29, 0.717) is 25.3 Å². The summed E-state index contributed by atoms with van der Waals surface area (Å²) in [5, 5.41) is 12.0. The van der Waals surface area contributed by atoms with E-state index in [1.807, 2.05) is 6.92 Å². The molecule has 2 fully saturated rings. The topological polar surface area (TPSA) is 75.6 Å². The minimum absolute atomic E-state index is 0.0970. The average molecular weight is 269 g/mol. The number of ether oxygens (including phenoxy) is 1. The second kappa shape index (κ2) is 6.37. The van der Waals surface area contributed by atoms with Gasteiger partial charge in [0, 0.05) is 13.2 Å². The smallest absolute Gasteiger partial charge is 0.307 e. The quantitative estimate of drug-likeness (QED) is 0.809. The molecule has 2 aliphatic rings. The summed E-state index contributed by atoms with van der Waals surface area (Å²) in [7, 11) is 0. The van der Waals surface area contributed by atoms with Crippen molar-refractivity contribution >= 4 is 11.9 Å². The summed E-state index contributed by atoms with van der Waals surface area (Å²) in [6.07, 6.45) is 4.58. The summed E-state index contributed by atoms with van der Waals surface area (Å²) in [5.41, 5.74) is 0. The third-order valence-corrected chi connectivity index (χ3v) is 4.23. The van der Waals surface area contributed by atoms with Crippen LogP contribution in [0.3, 0.4) is 0 Å². The molecule has 1 saturated heterocycles. The lowest BCUT2D eigenvalue weighted by Gasteiger charge is -2.24. The van der Waals surface area contributed by atoms with Crippen molar-refractivity contribution in [3.8, 4) is 0 Å². The van der Waals surface area contributed by atoms with Crippen LogP contribution in [0, 0.1) is 17.8 Å². The van der Waals surface area contributed by atoms with E-state index in [-0.39, 0.29) is 17.9 Å². The van der Waals surface area contributed by atoms with Crippen LogP contribution in [0.1, 0.15) is 39.0 Å². The van der Waals surface area contributed by atoms with Crippen molar-refractivity contribution in [3.05, 3.63) is 0 Å². The molecule has 5 nitrogen and oxygen atoms in total. The molecule has 2 unspecified atom stereocenters. The molecule has 2 N–H and O–H groups in total. The number of aliphatic carboxylic acids is 1. The molecule has 5 heteroatoms. The van der Waals surface area contributed by atoms with E-state index in [1.165, 1.54) is 0 Å². The summed E-state index contributed by atoms with van der Waals surface area (Å²) >= 11 is 0. The van der Waals surface area contributed by atoms with Crippen LogP contribution >= 0.6 is 0 Å². The fourth-order valence-electron chi connectivity index (χ4n) is 3.17. The Balaban J connectivity index is 1.82. The molecular formula is C14H23NO4. The van der Waals surface area contributed by atoms with Crippen LogP contribution in [0.25, 0.3) is 0 Å². The van der Waals surface area contributed by atoms with E-state index in [9.17, 15) is 9.59 Å². The molecule has 2 rings (SSSR count). The Bertz CT molecular complexity index is 338. The number of nitrogens with one attached hydrogen (secondary N) is 1. The molecule has 1 amide bonds. The van der Waals surface area contributed by atoms with Crippen molar-refractivity contribution in [3.63, 3.8) is 0 Å². The Morgan fingerprint density at radius 3 is 2.63 bits per heavy atom. The van der Waals surface area contributed by atoms with Gasteiger partial charge in [0.05, 0.1) is 17.9 Å². The fraction of sp³-hybridized carbons (Fsp3) is 0.857. The molecule has 0 aromatic heterocycles. The first kappa shape index (κ1) is 14.3. The highest BCUT2D eigenvalue weighted by Crippen LogP contribution is 2.36. The van der Waals surface area contributed by atoms with Gasteiger partial charge in [-0.25, -0.2) is 0 Å². The van der Waals surface area contributed by atoms with Crippen molar-refractivity contribution in [2.45, 2.75) is 45.1 Å². The molecule has 108 valence electrons. The van der Waals surface area contributed by atoms with Gasteiger partial charge in [-0.15, -0.1) is 0 Å². The Hall–Kier alpha value is -1.10. The van der Waals surface area contributed by atoms with Gasteiger partial charge in [-0.05, 0) is 38.0 Å². The highest BCUT2D eigenvalue weighted by molar-refractivity contribution is 5.85. The van der Waals surface area contributed by atoms with Crippen LogP contribution in [0.15, 0.2) is 0 Å². The first-order valence-corrected chi connectivity index (χ1v) is 7.20. The lowest BCUT2D eigenvalue weighted by atomic mass is 9.95. The molecule has 1 heterocycles. The van der Waals surface area contributed by atoms with Gasteiger partial charge in [-0.1, -0.05) is 6.92 Å². The normalized spacial score (nSPS) is 35.0. The van der Waals surface area contributed by atoms with E-state index in [2.05, 4.69) is 5.32 Å². The molecule has 0 spiro atoms. The molecule has 0 aromatic carbocycles. The molecule has 1 saturated carbocycles. The summed E-state index contributed by atoms with van der Waals surface area (Å²) in [4.78, 5) is 23.3. The Morgan fingerprint density at radius 1 is 1.26 bits per heavy atom. The predicted octanol–water partition coefficient (Wildman–Crippen LogP) is 1.42. The first-order chi connectivity index (χ1) is 9.08. The highest BCUT2D eigenvalue weighted by Gasteiger charge is 2.41. The van der Waals surface area contributed by atoms with E-state index in [4.69, 9.17) is 9.84 Å². The number of hydrogen-bond acceptors (Lipinski definition) is 3. The summed E-state index contributed by atoms with van der Waals surface area (Å²) in [6.45, 7) is 3.28. The monoisotopic (exact) mass is 269 g/mol. The summed E-state index contributed by atoms with van der Waals surface area (Å²) < 4.78 is 5.56. The average Bonchev–Trinajstić information content (AvgIpc) is 2.79. The van der Waals surface area contributed by atoms with Crippen molar-refractivity contribution < 1.29 is 19.4 Å². The lowest BCUT2D eigenvalue weighted by Crippen LogP contribution is -2.40. The van der Waals surface area contributed by atoms with Gasteiger partial charge in [0.1, 0.15) is 0 Å². The maximum atomic E-state index is 12.1. The lowest BCUT2D eigenvalue weighted by molar-refractivity contribution is -0.146. The number of amides is 1. The third-order valence-electron chi connectivity index (χ3n) is 4.23. The first-order valence-electron chi connectivity index (χ1n) is 7.20. The van der Waals surface area contributed by atoms with Crippen LogP contribution in [-0.2, 0) is 14.3 Å². The van der Waals surface area contributed by atoms with Crippen LogP contribution < -0.4 is 5.32 Å². The minimum Gasteiger partial charge on any atom is -0.481 e. The second-order valence-electron chi connectivity index (χ2n) is 5.86. The second-order valence-corrected chi connectivity index (χ2v) is 5.86. The number of carboxylic acid groups (broad SMARTS) is 1. The zero-order chi connectivity index (χ0) is 13.8. The maximum absolute atomic E-state index is 12.1. The third kappa shape index (κ3) is 3.69. The van der Waals surface area contributed by atoms with E-state index >= 15 is 0 Å². The Labute approximate surface area is 113 Å². The van der Waals surface area contributed by atoms with Crippen molar-refractivity contribution in [2.24, 2.45) is 17.8 Å². The largest absolute Gasteiger partial charge is 0.481 e. The van der Waals surface area contributed by atoms with Gasteiger partial charge in [0.2, 0.25) is 5.91 Å². The molecule has 1 aliphatic carbocycles. The predicted molar refractivity (Wildman–Crippen MR) is 69.6 cm³/mol. The number of rotatable bonds is 4. The maximum Gasteiger partial charge on any atom is 0.307 e. The minimum atomic E-state index is -0.849. The molecule has 0 aromatic rings.